The van der Waals surface area contributed by atoms with E-state index in [9.17, 15) is 4.21 Å². The standard InChI is InChI=1S/C11H19N3OS/c1-16(15)7-3-6-14-9-12-8-11(14)10-4-2-5-13-10/h8-10,13H,2-7H2,1H3/t10-,16?/m0/s1. The Morgan fingerprint density at radius 2 is 2.56 bits per heavy atom. The summed E-state index contributed by atoms with van der Waals surface area (Å²) in [6.07, 6.45) is 8.99. The van der Waals surface area contributed by atoms with Gasteiger partial charge in [0.2, 0.25) is 0 Å². The highest BCUT2D eigenvalue weighted by Gasteiger charge is 2.19. The van der Waals surface area contributed by atoms with Crippen molar-refractivity contribution in [3.05, 3.63) is 18.2 Å². The Morgan fingerprint density at radius 3 is 3.25 bits per heavy atom. The van der Waals surface area contributed by atoms with Gasteiger partial charge in [0.1, 0.15) is 0 Å². The van der Waals surface area contributed by atoms with Crippen molar-refractivity contribution >= 4 is 10.8 Å². The van der Waals surface area contributed by atoms with E-state index >= 15 is 0 Å². The van der Waals surface area contributed by atoms with E-state index in [0.717, 1.165) is 25.3 Å². The van der Waals surface area contributed by atoms with E-state index in [1.807, 2.05) is 12.5 Å². The fourth-order valence-corrected chi connectivity index (χ4v) is 2.72. The summed E-state index contributed by atoms with van der Waals surface area (Å²) >= 11 is 0. The fourth-order valence-electron chi connectivity index (χ4n) is 2.18. The van der Waals surface area contributed by atoms with Crippen LogP contribution in [0.2, 0.25) is 0 Å². The highest BCUT2D eigenvalue weighted by atomic mass is 32.2. The Bertz CT molecular complexity index is 358. The molecule has 0 bridgehead atoms. The van der Waals surface area contributed by atoms with Crippen LogP contribution in [0.25, 0.3) is 0 Å². The Kier molecular flexibility index (Phi) is 4.12. The third-order valence-corrected chi connectivity index (χ3v) is 3.86. The average molecular weight is 241 g/mol. The van der Waals surface area contributed by atoms with E-state index in [-0.39, 0.29) is 0 Å². The summed E-state index contributed by atoms with van der Waals surface area (Å²) in [5, 5.41) is 3.48. The molecule has 0 saturated carbocycles. The number of nitrogens with one attached hydrogen (secondary N) is 1. The molecule has 1 aliphatic rings. The van der Waals surface area contributed by atoms with Crippen LogP contribution in [-0.4, -0.2) is 32.3 Å². The Hall–Kier alpha value is -0.680. The molecule has 1 aromatic rings. The van der Waals surface area contributed by atoms with Crippen molar-refractivity contribution in [2.75, 3.05) is 18.6 Å². The predicted molar refractivity (Wildman–Crippen MR) is 65.8 cm³/mol. The summed E-state index contributed by atoms with van der Waals surface area (Å²) in [6, 6.07) is 0.467. The first-order valence-corrected chi connectivity index (χ1v) is 7.53. The van der Waals surface area contributed by atoms with Crippen LogP contribution in [0, 0.1) is 0 Å². The van der Waals surface area contributed by atoms with Gasteiger partial charge in [-0.3, -0.25) is 4.21 Å². The van der Waals surface area contributed by atoms with Crippen LogP contribution in [0.5, 0.6) is 0 Å². The third-order valence-electron chi connectivity index (χ3n) is 2.99. The number of rotatable bonds is 5. The minimum atomic E-state index is -0.685. The molecule has 1 aliphatic heterocycles. The number of hydrogen-bond donors (Lipinski definition) is 1. The molecule has 0 amide bonds. The molecule has 1 N–H and O–H groups in total. The Morgan fingerprint density at radius 1 is 1.69 bits per heavy atom. The van der Waals surface area contributed by atoms with E-state index in [2.05, 4.69) is 14.9 Å². The summed E-state index contributed by atoms with van der Waals surface area (Å²) in [5.74, 6) is 0.774. The summed E-state index contributed by atoms with van der Waals surface area (Å²) in [5.41, 5.74) is 1.28. The van der Waals surface area contributed by atoms with E-state index in [1.54, 1.807) is 6.26 Å². The van der Waals surface area contributed by atoms with Gasteiger partial charge in [0.25, 0.3) is 0 Å². The van der Waals surface area contributed by atoms with Gasteiger partial charge in [0.15, 0.2) is 0 Å². The summed E-state index contributed by atoms with van der Waals surface area (Å²) in [4.78, 5) is 4.21. The molecule has 90 valence electrons. The minimum absolute atomic E-state index is 0.467. The van der Waals surface area contributed by atoms with Gasteiger partial charge in [-0.05, 0) is 25.8 Å². The lowest BCUT2D eigenvalue weighted by Gasteiger charge is -2.13. The molecule has 5 heteroatoms. The van der Waals surface area contributed by atoms with Crippen molar-refractivity contribution in [3.63, 3.8) is 0 Å². The van der Waals surface area contributed by atoms with Crippen molar-refractivity contribution in [3.8, 4) is 0 Å². The zero-order valence-corrected chi connectivity index (χ0v) is 10.5. The van der Waals surface area contributed by atoms with Gasteiger partial charge in [-0.15, -0.1) is 0 Å². The zero-order valence-electron chi connectivity index (χ0n) is 9.69. The van der Waals surface area contributed by atoms with E-state index in [4.69, 9.17) is 0 Å². The van der Waals surface area contributed by atoms with Crippen molar-refractivity contribution in [2.24, 2.45) is 0 Å². The first-order valence-electron chi connectivity index (χ1n) is 5.81. The molecule has 2 atom stereocenters. The molecule has 4 nitrogen and oxygen atoms in total. The lowest BCUT2D eigenvalue weighted by Crippen LogP contribution is -2.17. The molecular weight excluding hydrogens is 222 g/mol. The van der Waals surface area contributed by atoms with Gasteiger partial charge in [0, 0.05) is 41.6 Å². The number of nitrogens with zero attached hydrogens (tertiary/aromatic N) is 2. The number of aromatic nitrogens is 2. The van der Waals surface area contributed by atoms with Gasteiger partial charge >= 0.3 is 0 Å². The highest BCUT2D eigenvalue weighted by Crippen LogP contribution is 2.22. The highest BCUT2D eigenvalue weighted by molar-refractivity contribution is 7.84. The predicted octanol–water partition coefficient (Wildman–Crippen LogP) is 1.08. The Balaban J connectivity index is 1.93. The van der Waals surface area contributed by atoms with Crippen LogP contribution in [0.4, 0.5) is 0 Å². The fraction of sp³-hybridized carbons (Fsp3) is 0.727. The maximum absolute atomic E-state index is 11.0. The van der Waals surface area contributed by atoms with Crippen molar-refractivity contribution in [1.29, 1.82) is 0 Å². The molecule has 1 aromatic heterocycles. The molecule has 1 saturated heterocycles. The van der Waals surface area contributed by atoms with E-state index in [0.29, 0.717) is 6.04 Å². The maximum atomic E-state index is 11.0. The normalized spacial score (nSPS) is 22.4. The molecule has 0 spiro atoms. The first-order chi connectivity index (χ1) is 7.77. The quantitative estimate of drug-likeness (QED) is 0.839. The topological polar surface area (TPSA) is 46.9 Å². The molecular formula is C11H19N3OS. The van der Waals surface area contributed by atoms with Crippen molar-refractivity contribution in [1.82, 2.24) is 14.9 Å². The summed E-state index contributed by atoms with van der Waals surface area (Å²) in [6.45, 7) is 2.03. The van der Waals surface area contributed by atoms with Gasteiger partial charge in [-0.1, -0.05) is 0 Å². The molecule has 2 heterocycles. The van der Waals surface area contributed by atoms with Crippen molar-refractivity contribution in [2.45, 2.75) is 31.8 Å². The smallest absolute Gasteiger partial charge is 0.0948 e. The molecule has 0 aliphatic carbocycles. The summed E-state index contributed by atoms with van der Waals surface area (Å²) in [7, 11) is -0.685. The third kappa shape index (κ3) is 2.92. The summed E-state index contributed by atoms with van der Waals surface area (Å²) < 4.78 is 13.2. The molecule has 16 heavy (non-hydrogen) atoms. The van der Waals surface area contributed by atoms with Gasteiger partial charge in [0.05, 0.1) is 12.0 Å². The van der Waals surface area contributed by atoms with Gasteiger partial charge in [-0.25, -0.2) is 4.98 Å². The lowest BCUT2D eigenvalue weighted by atomic mass is 10.2. The van der Waals surface area contributed by atoms with Gasteiger partial charge in [-0.2, -0.15) is 0 Å². The maximum Gasteiger partial charge on any atom is 0.0948 e. The molecule has 0 aromatic carbocycles. The molecule has 1 fully saturated rings. The van der Waals surface area contributed by atoms with Gasteiger partial charge < -0.3 is 9.88 Å². The van der Waals surface area contributed by atoms with Crippen LogP contribution < -0.4 is 5.32 Å². The number of imidazole rings is 1. The second kappa shape index (κ2) is 5.59. The largest absolute Gasteiger partial charge is 0.333 e. The molecule has 1 unspecified atom stereocenters. The van der Waals surface area contributed by atoms with Crippen LogP contribution >= 0.6 is 0 Å². The van der Waals surface area contributed by atoms with E-state index < -0.39 is 10.8 Å². The monoisotopic (exact) mass is 241 g/mol. The lowest BCUT2D eigenvalue weighted by molar-refractivity contribution is 0.558. The second-order valence-electron chi connectivity index (χ2n) is 4.29. The van der Waals surface area contributed by atoms with Crippen LogP contribution in [0.15, 0.2) is 12.5 Å². The number of hydrogen-bond acceptors (Lipinski definition) is 3. The minimum Gasteiger partial charge on any atom is -0.333 e. The van der Waals surface area contributed by atoms with Crippen LogP contribution in [0.1, 0.15) is 31.0 Å². The van der Waals surface area contributed by atoms with Crippen LogP contribution in [-0.2, 0) is 17.3 Å². The SMILES string of the molecule is CS(=O)CCCn1cncc1[C@@H]1CCCN1. The Labute approximate surface area is 98.9 Å². The second-order valence-corrected chi connectivity index (χ2v) is 5.85. The molecule has 2 rings (SSSR count). The van der Waals surface area contributed by atoms with Crippen molar-refractivity contribution < 1.29 is 4.21 Å². The molecule has 0 radical (unpaired) electrons. The van der Waals surface area contributed by atoms with E-state index in [1.165, 1.54) is 18.5 Å². The first kappa shape index (κ1) is 11.8. The number of aryl methyl sites for hydroxylation is 1. The zero-order chi connectivity index (χ0) is 11.4. The van der Waals surface area contributed by atoms with Crippen LogP contribution in [0.3, 0.4) is 0 Å². The average Bonchev–Trinajstić information content (AvgIpc) is 2.84.